The molecule has 0 bridgehead atoms. The number of rotatable bonds is 5. The number of carboxylic acid groups (broad SMARTS) is 2. The van der Waals surface area contributed by atoms with Gasteiger partial charge in [-0.1, -0.05) is 12.1 Å². The Kier molecular flexibility index (Phi) is 11.0. The van der Waals surface area contributed by atoms with E-state index in [0.717, 1.165) is 25.3 Å². The fraction of sp³-hybridized carbons (Fsp3) is 0.455. The zero-order chi connectivity index (χ0) is 28.5. The first-order chi connectivity index (χ1) is 17.7. The van der Waals surface area contributed by atoms with Crippen molar-refractivity contribution in [3.05, 3.63) is 52.5 Å². The molecule has 2 aliphatic heterocycles. The standard InChI is InChI=1S/C18H21N3O2S.2C2HF3O2/c22-18(20-8-14-5-3-7-24-14)16-12-23-17-11-21(10-15(16)17)9-13-4-1-2-6-19-13;2*3-2(4,5)1(6)7/h1-7,15-17H,8-12H2,(H,20,22);2*(H,6,7)/t15-,16+,17-;;/m1../s1. The summed E-state index contributed by atoms with van der Waals surface area (Å²) < 4.78 is 69.4. The highest BCUT2D eigenvalue weighted by atomic mass is 32.1. The van der Waals surface area contributed by atoms with Gasteiger partial charge in [0.25, 0.3) is 0 Å². The molecule has 0 aromatic carbocycles. The summed E-state index contributed by atoms with van der Waals surface area (Å²) in [4.78, 5) is 38.2. The third-order valence-corrected chi connectivity index (χ3v) is 6.22. The van der Waals surface area contributed by atoms with Crippen LogP contribution < -0.4 is 5.32 Å². The molecular weight excluding hydrogens is 548 g/mol. The number of aliphatic carboxylic acids is 2. The van der Waals surface area contributed by atoms with Crippen LogP contribution in [0.15, 0.2) is 41.9 Å². The lowest BCUT2D eigenvalue weighted by molar-refractivity contribution is -0.193. The van der Waals surface area contributed by atoms with E-state index in [1.165, 1.54) is 4.88 Å². The van der Waals surface area contributed by atoms with E-state index in [2.05, 4.69) is 15.2 Å². The van der Waals surface area contributed by atoms with Crippen LogP contribution in [0.2, 0.25) is 0 Å². The maximum atomic E-state index is 12.5. The van der Waals surface area contributed by atoms with Crippen molar-refractivity contribution in [2.24, 2.45) is 11.8 Å². The van der Waals surface area contributed by atoms with Crippen molar-refractivity contribution in [2.45, 2.75) is 31.5 Å². The number of aromatic nitrogens is 1. The summed E-state index contributed by atoms with van der Waals surface area (Å²) in [6, 6.07) is 10.0. The van der Waals surface area contributed by atoms with Crippen LogP contribution in [-0.2, 0) is 32.2 Å². The molecule has 4 heterocycles. The highest BCUT2D eigenvalue weighted by Crippen LogP contribution is 2.34. The zero-order valence-corrected chi connectivity index (χ0v) is 20.2. The van der Waals surface area contributed by atoms with Crippen LogP contribution in [-0.4, -0.2) is 76.1 Å². The second-order valence-corrected chi connectivity index (χ2v) is 9.09. The molecule has 210 valence electrons. The van der Waals surface area contributed by atoms with E-state index in [1.54, 1.807) is 11.3 Å². The van der Waals surface area contributed by atoms with Crippen molar-refractivity contribution in [1.82, 2.24) is 15.2 Å². The third kappa shape index (κ3) is 9.90. The van der Waals surface area contributed by atoms with Gasteiger partial charge in [-0.05, 0) is 23.6 Å². The average Bonchev–Trinajstić information content (AvgIpc) is 3.55. The smallest absolute Gasteiger partial charge is 0.475 e. The third-order valence-electron chi connectivity index (χ3n) is 5.34. The summed E-state index contributed by atoms with van der Waals surface area (Å²) in [6.45, 7) is 3.76. The van der Waals surface area contributed by atoms with Gasteiger partial charge in [-0.15, -0.1) is 11.3 Å². The first-order valence-corrected chi connectivity index (χ1v) is 11.7. The number of fused-ring (bicyclic) bond motifs is 1. The molecule has 0 aliphatic carbocycles. The van der Waals surface area contributed by atoms with Crippen LogP contribution in [0.5, 0.6) is 0 Å². The summed E-state index contributed by atoms with van der Waals surface area (Å²) in [7, 11) is 0. The van der Waals surface area contributed by atoms with E-state index in [4.69, 9.17) is 24.5 Å². The number of nitrogens with one attached hydrogen (secondary N) is 1. The lowest BCUT2D eigenvalue weighted by atomic mass is 9.92. The number of ether oxygens (including phenoxy) is 1. The molecule has 4 rings (SSSR count). The molecule has 0 radical (unpaired) electrons. The van der Waals surface area contributed by atoms with Crippen LogP contribution in [0, 0.1) is 11.8 Å². The van der Waals surface area contributed by atoms with Crippen LogP contribution in [0.3, 0.4) is 0 Å². The van der Waals surface area contributed by atoms with Crippen molar-refractivity contribution in [1.29, 1.82) is 0 Å². The SMILES string of the molecule is O=C(NCc1cccs1)[C@H]1CO[C@@H]2CN(Cc3ccccn3)C[C@H]12.O=C(O)C(F)(F)F.O=C(O)C(F)(F)F. The molecule has 2 fully saturated rings. The number of halogens is 6. The fourth-order valence-corrected chi connectivity index (χ4v) is 4.28. The number of hydrogen-bond acceptors (Lipinski definition) is 7. The number of thiophene rings is 1. The van der Waals surface area contributed by atoms with Crippen molar-refractivity contribution in [3.63, 3.8) is 0 Å². The van der Waals surface area contributed by atoms with Crippen molar-refractivity contribution < 1.29 is 55.7 Å². The van der Waals surface area contributed by atoms with Crippen molar-refractivity contribution >= 4 is 29.2 Å². The van der Waals surface area contributed by atoms with E-state index >= 15 is 0 Å². The molecule has 0 saturated carbocycles. The minimum absolute atomic E-state index is 0.0382. The lowest BCUT2D eigenvalue weighted by Gasteiger charge is -2.19. The van der Waals surface area contributed by atoms with E-state index < -0.39 is 24.3 Å². The molecule has 2 aromatic rings. The summed E-state index contributed by atoms with van der Waals surface area (Å²) in [5.41, 5.74) is 1.07. The van der Waals surface area contributed by atoms with Crippen LogP contribution in [0.4, 0.5) is 26.3 Å². The van der Waals surface area contributed by atoms with E-state index in [1.807, 2.05) is 41.9 Å². The zero-order valence-electron chi connectivity index (χ0n) is 19.4. The van der Waals surface area contributed by atoms with Gasteiger partial charge in [-0.3, -0.25) is 14.7 Å². The Labute approximate surface area is 216 Å². The molecule has 2 aliphatic rings. The molecule has 2 aromatic heterocycles. The number of pyridine rings is 1. The van der Waals surface area contributed by atoms with Gasteiger partial charge in [0.15, 0.2) is 0 Å². The van der Waals surface area contributed by atoms with Gasteiger partial charge in [0.1, 0.15) is 0 Å². The minimum Gasteiger partial charge on any atom is -0.475 e. The van der Waals surface area contributed by atoms with Crippen molar-refractivity contribution in [2.75, 3.05) is 19.7 Å². The average molecular weight is 571 g/mol. The second kappa shape index (κ2) is 13.5. The Bertz CT molecular complexity index is 1030. The number of carbonyl (C=O) groups excluding carboxylic acids is 1. The predicted octanol–water partition coefficient (Wildman–Crippen LogP) is 3.17. The molecule has 2 saturated heterocycles. The second-order valence-electron chi connectivity index (χ2n) is 8.06. The normalized spacial score (nSPS) is 20.8. The molecule has 0 spiro atoms. The molecule has 1 amide bonds. The van der Waals surface area contributed by atoms with Gasteiger partial charge < -0.3 is 20.3 Å². The summed E-state index contributed by atoms with van der Waals surface area (Å²) in [5, 5.41) is 19.3. The molecular formula is C22H23F6N3O6S. The number of carbonyl (C=O) groups is 3. The summed E-state index contributed by atoms with van der Waals surface area (Å²) >= 11 is 1.67. The van der Waals surface area contributed by atoms with Gasteiger partial charge in [0.2, 0.25) is 5.91 Å². The van der Waals surface area contributed by atoms with Gasteiger partial charge >= 0.3 is 24.3 Å². The maximum absolute atomic E-state index is 12.5. The van der Waals surface area contributed by atoms with Gasteiger partial charge in [-0.2, -0.15) is 26.3 Å². The van der Waals surface area contributed by atoms with E-state index in [9.17, 15) is 31.1 Å². The lowest BCUT2D eigenvalue weighted by Crippen LogP contribution is -2.36. The monoisotopic (exact) mass is 571 g/mol. The number of carboxylic acids is 2. The quantitative estimate of drug-likeness (QED) is 0.467. The molecule has 9 nitrogen and oxygen atoms in total. The number of amides is 1. The molecule has 16 heteroatoms. The van der Waals surface area contributed by atoms with Gasteiger partial charge in [0, 0.05) is 36.6 Å². The van der Waals surface area contributed by atoms with E-state index in [0.29, 0.717) is 13.2 Å². The number of alkyl halides is 6. The molecule has 38 heavy (non-hydrogen) atoms. The Morgan fingerprint density at radius 3 is 2.16 bits per heavy atom. The Morgan fingerprint density at radius 2 is 1.66 bits per heavy atom. The fourth-order valence-electron chi connectivity index (χ4n) is 3.63. The van der Waals surface area contributed by atoms with Crippen LogP contribution in [0.1, 0.15) is 10.6 Å². The Balaban J connectivity index is 0.000000301. The van der Waals surface area contributed by atoms with Crippen LogP contribution in [0.25, 0.3) is 0 Å². The first kappa shape index (κ1) is 31.0. The Hall–Kier alpha value is -3.24. The molecule has 0 unspecified atom stereocenters. The predicted molar refractivity (Wildman–Crippen MR) is 120 cm³/mol. The maximum Gasteiger partial charge on any atom is 0.490 e. The summed E-state index contributed by atoms with van der Waals surface area (Å²) in [6.07, 6.45) is -8.17. The minimum atomic E-state index is -5.08. The van der Waals surface area contributed by atoms with Crippen LogP contribution >= 0.6 is 11.3 Å². The van der Waals surface area contributed by atoms with Gasteiger partial charge in [0.05, 0.1) is 30.9 Å². The highest BCUT2D eigenvalue weighted by molar-refractivity contribution is 7.09. The topological polar surface area (TPSA) is 129 Å². The largest absolute Gasteiger partial charge is 0.490 e. The molecule has 3 atom stereocenters. The number of nitrogens with zero attached hydrogens (tertiary/aromatic N) is 2. The highest BCUT2D eigenvalue weighted by Gasteiger charge is 2.46. The first-order valence-electron chi connectivity index (χ1n) is 10.8. The number of likely N-dealkylation sites (tertiary alicyclic amines) is 1. The molecule has 3 N–H and O–H groups in total. The Morgan fingerprint density at radius 1 is 1.03 bits per heavy atom. The van der Waals surface area contributed by atoms with E-state index in [-0.39, 0.29) is 23.8 Å². The van der Waals surface area contributed by atoms with Gasteiger partial charge in [-0.25, -0.2) is 9.59 Å². The number of hydrogen-bond donors (Lipinski definition) is 3. The summed E-state index contributed by atoms with van der Waals surface area (Å²) in [5.74, 6) is -5.14. The van der Waals surface area contributed by atoms with Crippen molar-refractivity contribution in [3.8, 4) is 0 Å².